The zero-order valence-electron chi connectivity index (χ0n) is 10.5. The maximum absolute atomic E-state index is 5.39. The zero-order chi connectivity index (χ0) is 13.0. The lowest BCUT2D eigenvalue weighted by molar-refractivity contribution is 0.154. The molecule has 0 aliphatic rings. The van der Waals surface area contributed by atoms with Crippen molar-refractivity contribution in [2.24, 2.45) is 5.84 Å². The quantitative estimate of drug-likeness (QED) is 0.469. The average molecular weight is 267 g/mol. The van der Waals surface area contributed by atoms with Crippen molar-refractivity contribution in [2.45, 2.75) is 6.92 Å². The van der Waals surface area contributed by atoms with E-state index in [9.17, 15) is 0 Å². The molecule has 0 fully saturated rings. The lowest BCUT2D eigenvalue weighted by Gasteiger charge is -2.19. The third-order valence-corrected chi connectivity index (χ3v) is 3.38. The van der Waals surface area contributed by atoms with Crippen molar-refractivity contribution in [3.8, 4) is 0 Å². The van der Waals surface area contributed by atoms with E-state index in [0.29, 0.717) is 12.6 Å². The van der Waals surface area contributed by atoms with Crippen molar-refractivity contribution >= 4 is 33.3 Å². The van der Waals surface area contributed by atoms with Gasteiger partial charge in [-0.2, -0.15) is 4.98 Å². The van der Waals surface area contributed by atoms with Crippen molar-refractivity contribution in [3.05, 3.63) is 11.4 Å². The smallest absolute Gasteiger partial charge is 0.240 e. The van der Waals surface area contributed by atoms with Gasteiger partial charge in [0.1, 0.15) is 10.6 Å². The number of thiophene rings is 1. The molecule has 0 radical (unpaired) electrons. The maximum Gasteiger partial charge on any atom is 0.240 e. The molecule has 7 heteroatoms. The SMILES string of the molecule is CCOCCN(C)c1nc(NN)nc2sccc12. The van der Waals surface area contributed by atoms with Crippen LogP contribution in [-0.4, -0.2) is 36.8 Å². The third-order valence-electron chi connectivity index (χ3n) is 2.57. The van der Waals surface area contributed by atoms with Crippen molar-refractivity contribution < 1.29 is 4.74 Å². The fourth-order valence-electron chi connectivity index (χ4n) is 1.65. The van der Waals surface area contributed by atoms with Gasteiger partial charge in [-0.15, -0.1) is 11.3 Å². The van der Waals surface area contributed by atoms with E-state index in [-0.39, 0.29) is 0 Å². The topological polar surface area (TPSA) is 76.3 Å². The van der Waals surface area contributed by atoms with Gasteiger partial charge in [0.15, 0.2) is 0 Å². The number of nitrogen functional groups attached to an aromatic ring is 1. The Balaban J connectivity index is 2.27. The Hall–Kier alpha value is -1.44. The third kappa shape index (κ3) is 2.69. The Kier molecular flexibility index (Phi) is 4.29. The number of nitrogens with two attached hydrogens (primary N) is 1. The first-order valence-corrected chi connectivity index (χ1v) is 6.65. The van der Waals surface area contributed by atoms with Gasteiger partial charge >= 0.3 is 0 Å². The number of hydrogen-bond acceptors (Lipinski definition) is 7. The number of fused-ring (bicyclic) bond motifs is 1. The predicted octanol–water partition coefficient (Wildman–Crippen LogP) is 1.45. The summed E-state index contributed by atoms with van der Waals surface area (Å²) in [6, 6.07) is 2.02. The van der Waals surface area contributed by atoms with Crippen LogP contribution < -0.4 is 16.2 Å². The van der Waals surface area contributed by atoms with Crippen LogP contribution in [0.5, 0.6) is 0 Å². The summed E-state index contributed by atoms with van der Waals surface area (Å²) in [5.41, 5.74) is 2.50. The fraction of sp³-hybridized carbons (Fsp3) is 0.455. The molecule has 18 heavy (non-hydrogen) atoms. The number of nitrogens with zero attached hydrogens (tertiary/aromatic N) is 3. The van der Waals surface area contributed by atoms with Crippen molar-refractivity contribution in [3.63, 3.8) is 0 Å². The Morgan fingerprint density at radius 1 is 1.50 bits per heavy atom. The molecule has 3 N–H and O–H groups in total. The number of hydrazine groups is 1. The first-order valence-electron chi connectivity index (χ1n) is 5.77. The summed E-state index contributed by atoms with van der Waals surface area (Å²) < 4.78 is 5.35. The van der Waals surface area contributed by atoms with E-state index in [4.69, 9.17) is 10.6 Å². The van der Waals surface area contributed by atoms with Crippen molar-refractivity contribution in [1.29, 1.82) is 0 Å². The van der Waals surface area contributed by atoms with Gasteiger partial charge in [0, 0.05) is 20.2 Å². The molecule has 2 rings (SSSR count). The molecule has 98 valence electrons. The minimum Gasteiger partial charge on any atom is -0.380 e. The van der Waals surface area contributed by atoms with Crippen LogP contribution >= 0.6 is 11.3 Å². The molecule has 0 bridgehead atoms. The summed E-state index contributed by atoms with van der Waals surface area (Å²) in [5, 5.41) is 3.04. The molecule has 0 saturated carbocycles. The van der Waals surface area contributed by atoms with Crippen molar-refractivity contribution in [2.75, 3.05) is 37.1 Å². The van der Waals surface area contributed by atoms with E-state index >= 15 is 0 Å². The Morgan fingerprint density at radius 3 is 3.06 bits per heavy atom. The minimum absolute atomic E-state index is 0.434. The Morgan fingerprint density at radius 2 is 2.33 bits per heavy atom. The van der Waals surface area contributed by atoms with E-state index in [2.05, 4.69) is 15.4 Å². The summed E-state index contributed by atoms with van der Waals surface area (Å²) >= 11 is 1.57. The lowest BCUT2D eigenvalue weighted by Crippen LogP contribution is -2.24. The molecule has 0 atom stereocenters. The molecular formula is C11H17N5OS. The molecule has 0 spiro atoms. The van der Waals surface area contributed by atoms with Gasteiger partial charge in [0.25, 0.3) is 0 Å². The molecule has 0 amide bonds. The number of hydrogen-bond donors (Lipinski definition) is 2. The summed E-state index contributed by atoms with van der Waals surface area (Å²) in [6.45, 7) is 4.16. The van der Waals surface area contributed by atoms with Crippen LogP contribution in [-0.2, 0) is 4.74 Å². The van der Waals surface area contributed by atoms with Crippen LogP contribution in [0.1, 0.15) is 6.92 Å². The molecule has 6 nitrogen and oxygen atoms in total. The summed E-state index contributed by atoms with van der Waals surface area (Å²) in [5.74, 6) is 6.69. The van der Waals surface area contributed by atoms with Gasteiger partial charge in [-0.05, 0) is 18.4 Å². The van der Waals surface area contributed by atoms with Gasteiger partial charge in [-0.25, -0.2) is 10.8 Å². The van der Waals surface area contributed by atoms with E-state index in [1.54, 1.807) is 11.3 Å². The molecular weight excluding hydrogens is 250 g/mol. The van der Waals surface area contributed by atoms with Crippen LogP contribution in [0.3, 0.4) is 0 Å². The van der Waals surface area contributed by atoms with Crippen molar-refractivity contribution in [1.82, 2.24) is 9.97 Å². The number of anilines is 2. The Labute approximate surface area is 110 Å². The Bertz CT molecular complexity index is 515. The highest BCUT2D eigenvalue weighted by molar-refractivity contribution is 7.16. The van der Waals surface area contributed by atoms with Gasteiger partial charge in [-0.3, -0.25) is 5.43 Å². The molecule has 0 aliphatic carbocycles. The van der Waals surface area contributed by atoms with Gasteiger partial charge in [0.05, 0.1) is 12.0 Å². The minimum atomic E-state index is 0.434. The molecule has 0 aromatic carbocycles. The molecule has 0 saturated heterocycles. The highest BCUT2D eigenvalue weighted by atomic mass is 32.1. The van der Waals surface area contributed by atoms with Crippen LogP contribution in [0.2, 0.25) is 0 Å². The largest absolute Gasteiger partial charge is 0.380 e. The lowest BCUT2D eigenvalue weighted by atomic mass is 10.3. The summed E-state index contributed by atoms with van der Waals surface area (Å²) in [6.07, 6.45) is 0. The monoisotopic (exact) mass is 267 g/mol. The first-order chi connectivity index (χ1) is 8.76. The second-order valence-electron chi connectivity index (χ2n) is 3.77. The average Bonchev–Trinajstić information content (AvgIpc) is 2.85. The number of likely N-dealkylation sites (N-methyl/N-ethyl adjacent to an activating group) is 1. The molecule has 2 aromatic heterocycles. The zero-order valence-corrected chi connectivity index (χ0v) is 11.3. The summed E-state index contributed by atoms with van der Waals surface area (Å²) in [4.78, 5) is 11.7. The van der Waals surface area contributed by atoms with Gasteiger partial charge < -0.3 is 9.64 Å². The second-order valence-corrected chi connectivity index (χ2v) is 4.67. The predicted molar refractivity (Wildman–Crippen MR) is 75.0 cm³/mol. The molecule has 2 heterocycles. The molecule has 2 aromatic rings. The number of ether oxygens (including phenoxy) is 1. The van der Waals surface area contributed by atoms with Gasteiger partial charge in [-0.1, -0.05) is 0 Å². The normalized spacial score (nSPS) is 10.8. The van der Waals surface area contributed by atoms with Crippen LogP contribution in [0.25, 0.3) is 10.2 Å². The van der Waals surface area contributed by atoms with Crippen LogP contribution in [0.4, 0.5) is 11.8 Å². The number of nitrogens with one attached hydrogen (secondary N) is 1. The van der Waals surface area contributed by atoms with Gasteiger partial charge in [0.2, 0.25) is 5.95 Å². The number of rotatable bonds is 6. The standard InChI is InChI=1S/C11H17N5OS/c1-3-17-6-5-16(2)9-8-4-7-18-10(8)14-11(13-9)15-12/h4,7H,3,5-6,12H2,1-2H3,(H,13,14,15). The van der Waals surface area contributed by atoms with E-state index in [1.807, 2.05) is 30.3 Å². The molecule has 0 aliphatic heterocycles. The van der Waals surface area contributed by atoms with E-state index in [0.717, 1.165) is 29.2 Å². The summed E-state index contributed by atoms with van der Waals surface area (Å²) in [7, 11) is 1.98. The van der Waals surface area contributed by atoms with E-state index < -0.39 is 0 Å². The highest BCUT2D eigenvalue weighted by Crippen LogP contribution is 2.28. The number of aromatic nitrogens is 2. The second kappa shape index (κ2) is 5.94. The highest BCUT2D eigenvalue weighted by Gasteiger charge is 2.12. The fourth-order valence-corrected chi connectivity index (χ4v) is 2.41. The van der Waals surface area contributed by atoms with Crippen LogP contribution in [0, 0.1) is 0 Å². The maximum atomic E-state index is 5.39. The first kappa shape index (κ1) is 13.0. The molecule has 0 unspecified atom stereocenters. The van der Waals surface area contributed by atoms with Crippen LogP contribution in [0.15, 0.2) is 11.4 Å². The van der Waals surface area contributed by atoms with E-state index in [1.165, 1.54) is 0 Å².